The summed E-state index contributed by atoms with van der Waals surface area (Å²) >= 11 is 0. The highest BCUT2D eigenvalue weighted by Crippen LogP contribution is 2.11. The summed E-state index contributed by atoms with van der Waals surface area (Å²) in [7, 11) is 1.54. The van der Waals surface area contributed by atoms with Crippen molar-refractivity contribution in [1.82, 2.24) is 0 Å². The minimum Gasteiger partial charge on any atom is -0.495 e. The molecule has 0 saturated carbocycles. The number of methoxy groups -OCH3 is 1. The lowest BCUT2D eigenvalue weighted by atomic mass is 10.1. The Kier molecular flexibility index (Phi) is 1.77. The van der Waals surface area contributed by atoms with Gasteiger partial charge >= 0.3 is 0 Å². The third kappa shape index (κ3) is 1.28. The average Bonchev–Trinajstić information content (AvgIpc) is 2.18. The van der Waals surface area contributed by atoms with Crippen molar-refractivity contribution in [1.29, 1.82) is 0 Å². The summed E-state index contributed by atoms with van der Waals surface area (Å²) < 4.78 is 4.95. The molecule has 13 heavy (non-hydrogen) atoms. The Hall–Kier alpha value is -1.78. The second-order valence-electron chi connectivity index (χ2n) is 2.57. The molecule has 0 spiro atoms. The van der Waals surface area contributed by atoms with E-state index in [0.29, 0.717) is 11.5 Å². The summed E-state index contributed by atoms with van der Waals surface area (Å²) in [6.07, 6.45) is 4.42. The van der Waals surface area contributed by atoms with Crippen LogP contribution in [0.15, 0.2) is 26.8 Å². The molecule has 0 aliphatic carbocycles. The van der Waals surface area contributed by atoms with Crippen LogP contribution in [0.1, 0.15) is 0 Å². The zero-order valence-electron chi connectivity index (χ0n) is 6.97. The van der Waals surface area contributed by atoms with Gasteiger partial charge in [-0.3, -0.25) is 9.79 Å². The van der Waals surface area contributed by atoms with Crippen LogP contribution in [-0.2, 0) is 9.53 Å². The van der Waals surface area contributed by atoms with Crippen LogP contribution in [0, 0.1) is 0 Å². The molecule has 0 aromatic heterocycles. The van der Waals surface area contributed by atoms with Crippen molar-refractivity contribution in [3.63, 3.8) is 0 Å². The number of nitrogens with zero attached hydrogens (tertiary/aromatic N) is 3. The first-order chi connectivity index (χ1) is 6.31. The second-order valence-corrected chi connectivity index (χ2v) is 2.57. The van der Waals surface area contributed by atoms with Crippen molar-refractivity contribution in [3.8, 4) is 0 Å². The smallest absolute Gasteiger partial charge is 0.278 e. The highest BCUT2D eigenvalue weighted by molar-refractivity contribution is 6.22. The number of rotatable bonds is 1. The molecule has 0 aromatic rings. The van der Waals surface area contributed by atoms with E-state index in [1.54, 1.807) is 6.08 Å². The summed E-state index contributed by atoms with van der Waals surface area (Å²) in [5, 5.41) is 0. The van der Waals surface area contributed by atoms with E-state index < -0.39 is 6.04 Å². The van der Waals surface area contributed by atoms with Crippen molar-refractivity contribution in [3.05, 3.63) is 11.8 Å². The molecule has 1 atom stereocenters. The first-order valence-corrected chi connectivity index (χ1v) is 3.74. The first kappa shape index (κ1) is 7.85. The number of carbonyl (C=O) groups excluding carboxylic acids is 1. The van der Waals surface area contributed by atoms with E-state index in [2.05, 4.69) is 15.0 Å². The van der Waals surface area contributed by atoms with Gasteiger partial charge in [-0.15, -0.1) is 0 Å². The average molecular weight is 177 g/mol. The van der Waals surface area contributed by atoms with Crippen molar-refractivity contribution >= 4 is 24.2 Å². The van der Waals surface area contributed by atoms with E-state index in [4.69, 9.17) is 4.74 Å². The monoisotopic (exact) mass is 177 g/mol. The number of allylic oxidation sites excluding steroid dienone is 1. The molecule has 5 heteroatoms. The predicted octanol–water partition coefficient (Wildman–Crippen LogP) is -0.0208. The molecule has 66 valence electrons. The Morgan fingerprint density at radius 2 is 2.38 bits per heavy atom. The van der Waals surface area contributed by atoms with Gasteiger partial charge in [-0.25, -0.2) is 4.99 Å². The SMILES string of the molecule is COC1=CC2=NC=NC(=O)C2N=C1. The molecule has 0 radical (unpaired) electrons. The molecule has 0 bridgehead atoms. The molecule has 0 aromatic carbocycles. The Balaban J connectivity index is 2.36. The minimum absolute atomic E-state index is 0.285. The zero-order valence-corrected chi connectivity index (χ0v) is 6.97. The van der Waals surface area contributed by atoms with Gasteiger partial charge < -0.3 is 4.74 Å². The molecule has 2 rings (SSSR count). The van der Waals surface area contributed by atoms with E-state index in [-0.39, 0.29) is 5.91 Å². The van der Waals surface area contributed by atoms with Gasteiger partial charge in [0.2, 0.25) is 0 Å². The number of dihydropyridines is 1. The van der Waals surface area contributed by atoms with Crippen molar-refractivity contribution in [2.45, 2.75) is 6.04 Å². The Morgan fingerprint density at radius 3 is 3.15 bits per heavy atom. The normalized spacial score (nSPS) is 25.0. The van der Waals surface area contributed by atoms with Gasteiger partial charge in [-0.05, 0) is 0 Å². The fourth-order valence-electron chi connectivity index (χ4n) is 1.12. The van der Waals surface area contributed by atoms with Gasteiger partial charge in [0.05, 0.1) is 19.0 Å². The Bertz CT molecular complexity index is 366. The van der Waals surface area contributed by atoms with Gasteiger partial charge in [0.1, 0.15) is 12.1 Å². The molecule has 2 aliphatic rings. The molecule has 1 unspecified atom stereocenters. The molecule has 0 saturated heterocycles. The van der Waals surface area contributed by atoms with Crippen molar-refractivity contribution in [2.24, 2.45) is 15.0 Å². The molecule has 2 heterocycles. The maximum Gasteiger partial charge on any atom is 0.278 e. The second kappa shape index (κ2) is 2.93. The quantitative estimate of drug-likeness (QED) is 0.565. The summed E-state index contributed by atoms with van der Waals surface area (Å²) in [5.74, 6) is 0.311. The van der Waals surface area contributed by atoms with E-state index in [9.17, 15) is 4.79 Å². The summed E-state index contributed by atoms with van der Waals surface area (Å²) in [6.45, 7) is 0. The Morgan fingerprint density at radius 1 is 1.54 bits per heavy atom. The fourth-order valence-corrected chi connectivity index (χ4v) is 1.12. The fraction of sp³-hybridized carbons (Fsp3) is 0.250. The number of carbonyl (C=O) groups is 1. The number of hydrogen-bond donors (Lipinski definition) is 0. The van der Waals surface area contributed by atoms with Crippen LogP contribution in [0.5, 0.6) is 0 Å². The minimum atomic E-state index is -0.566. The van der Waals surface area contributed by atoms with E-state index in [1.807, 2.05) is 0 Å². The van der Waals surface area contributed by atoms with Gasteiger partial charge in [-0.1, -0.05) is 0 Å². The lowest BCUT2D eigenvalue weighted by Crippen LogP contribution is -2.31. The maximum absolute atomic E-state index is 11.2. The summed E-state index contributed by atoms with van der Waals surface area (Å²) in [5.41, 5.74) is 0.583. The summed E-state index contributed by atoms with van der Waals surface area (Å²) in [6, 6.07) is -0.566. The third-order valence-electron chi connectivity index (χ3n) is 1.78. The largest absolute Gasteiger partial charge is 0.495 e. The number of hydrogen-bond acceptors (Lipinski definition) is 4. The van der Waals surface area contributed by atoms with Crippen LogP contribution >= 0.6 is 0 Å². The van der Waals surface area contributed by atoms with E-state index in [0.717, 1.165) is 0 Å². The molecule has 2 aliphatic heterocycles. The number of aliphatic imine (C=N–C) groups is 3. The number of fused-ring (bicyclic) bond motifs is 1. The third-order valence-corrected chi connectivity index (χ3v) is 1.78. The molecule has 5 nitrogen and oxygen atoms in total. The van der Waals surface area contributed by atoms with E-state index in [1.165, 1.54) is 19.7 Å². The van der Waals surface area contributed by atoms with Crippen LogP contribution in [0.25, 0.3) is 0 Å². The van der Waals surface area contributed by atoms with Crippen LogP contribution in [0.2, 0.25) is 0 Å². The molecular weight excluding hydrogens is 170 g/mol. The lowest BCUT2D eigenvalue weighted by Gasteiger charge is -2.15. The van der Waals surface area contributed by atoms with E-state index >= 15 is 0 Å². The van der Waals surface area contributed by atoms with Gasteiger partial charge in [0.15, 0.2) is 6.04 Å². The van der Waals surface area contributed by atoms with Crippen molar-refractivity contribution in [2.75, 3.05) is 7.11 Å². The highest BCUT2D eigenvalue weighted by atomic mass is 16.5. The van der Waals surface area contributed by atoms with Crippen LogP contribution < -0.4 is 0 Å². The van der Waals surface area contributed by atoms with Crippen molar-refractivity contribution < 1.29 is 9.53 Å². The number of ether oxygens (including phenoxy) is 1. The highest BCUT2D eigenvalue weighted by Gasteiger charge is 2.26. The van der Waals surface area contributed by atoms with Gasteiger partial charge in [0.25, 0.3) is 5.91 Å². The van der Waals surface area contributed by atoms with Crippen LogP contribution in [-0.4, -0.2) is 37.3 Å². The van der Waals surface area contributed by atoms with Gasteiger partial charge in [0, 0.05) is 6.08 Å². The topological polar surface area (TPSA) is 63.4 Å². The predicted molar refractivity (Wildman–Crippen MR) is 48.3 cm³/mol. The Labute approximate surface area is 74.6 Å². The number of amides is 1. The van der Waals surface area contributed by atoms with Crippen LogP contribution in [0.3, 0.4) is 0 Å². The summed E-state index contributed by atoms with van der Waals surface area (Å²) in [4.78, 5) is 22.6. The molecule has 0 N–H and O–H groups in total. The molecule has 0 fully saturated rings. The first-order valence-electron chi connectivity index (χ1n) is 3.74. The lowest BCUT2D eigenvalue weighted by molar-refractivity contribution is -0.117. The molecule has 1 amide bonds. The van der Waals surface area contributed by atoms with Crippen LogP contribution in [0.4, 0.5) is 0 Å². The standard InChI is InChI=1S/C8H7N3O2/c1-13-5-2-6-7(9-3-5)8(12)11-4-10-6/h2-4,7H,1H3. The molecular formula is C8H7N3O2. The zero-order chi connectivity index (χ0) is 9.26. The van der Waals surface area contributed by atoms with Gasteiger partial charge in [-0.2, -0.15) is 4.99 Å². The maximum atomic E-state index is 11.2.